The van der Waals surface area contributed by atoms with Crippen molar-refractivity contribution in [3.05, 3.63) is 70.8 Å². The Hall–Kier alpha value is -2.13. The molecule has 1 aliphatic rings. The van der Waals surface area contributed by atoms with Crippen LogP contribution in [0.15, 0.2) is 48.5 Å². The summed E-state index contributed by atoms with van der Waals surface area (Å²) >= 11 is 0. The Balaban J connectivity index is 2.17. The van der Waals surface area contributed by atoms with E-state index in [-0.39, 0.29) is 5.91 Å². The van der Waals surface area contributed by atoms with Gasteiger partial charge in [-0.2, -0.15) is 0 Å². The van der Waals surface area contributed by atoms with Crippen LogP contribution >= 0.6 is 0 Å². The molecule has 1 aliphatic heterocycles. The number of hydrogen-bond donors (Lipinski definition) is 2. The lowest BCUT2D eigenvalue weighted by molar-refractivity contribution is 0.0476. The van der Waals surface area contributed by atoms with Crippen LogP contribution in [0.2, 0.25) is 0 Å². The van der Waals surface area contributed by atoms with E-state index in [0.717, 1.165) is 5.56 Å². The maximum absolute atomic E-state index is 11.9. The molecule has 2 aromatic rings. The van der Waals surface area contributed by atoms with E-state index < -0.39 is 5.72 Å². The smallest absolute Gasteiger partial charge is 0.254 e. The third-order valence-corrected chi connectivity index (χ3v) is 3.33. The lowest BCUT2D eigenvalue weighted by Crippen LogP contribution is -2.40. The zero-order valence-electron chi connectivity index (χ0n) is 9.97. The van der Waals surface area contributed by atoms with Gasteiger partial charge in [-0.3, -0.25) is 4.79 Å². The minimum Gasteiger partial charge on any atom is -0.363 e. The molecule has 0 aromatic heterocycles. The van der Waals surface area contributed by atoms with Gasteiger partial charge in [0.1, 0.15) is 0 Å². The van der Waals surface area contributed by atoms with E-state index >= 15 is 0 Å². The summed E-state index contributed by atoms with van der Waals surface area (Å²) in [4.78, 5) is 11.9. The first-order chi connectivity index (χ1) is 8.61. The van der Waals surface area contributed by atoms with Crippen LogP contribution in [0.25, 0.3) is 0 Å². The van der Waals surface area contributed by atoms with Crippen molar-refractivity contribution in [2.45, 2.75) is 12.6 Å². The number of hydrogen-bond acceptors (Lipinski definition) is 2. The zero-order valence-corrected chi connectivity index (χ0v) is 9.97. The van der Waals surface area contributed by atoms with Crippen molar-refractivity contribution >= 4 is 5.91 Å². The highest BCUT2D eigenvalue weighted by atomic mass is 16.3. The van der Waals surface area contributed by atoms with Crippen LogP contribution in [0, 0.1) is 6.92 Å². The number of aryl methyl sites for hydroxylation is 1. The van der Waals surface area contributed by atoms with Gasteiger partial charge >= 0.3 is 0 Å². The molecule has 0 fully saturated rings. The number of amides is 1. The fourth-order valence-electron chi connectivity index (χ4n) is 2.32. The molecule has 1 amide bonds. The van der Waals surface area contributed by atoms with Crippen LogP contribution in [0.3, 0.4) is 0 Å². The van der Waals surface area contributed by atoms with Gasteiger partial charge in [0.2, 0.25) is 0 Å². The molecule has 3 heteroatoms. The number of carbonyl (C=O) groups excluding carboxylic acids is 1. The van der Waals surface area contributed by atoms with Gasteiger partial charge < -0.3 is 10.4 Å². The molecule has 3 rings (SSSR count). The van der Waals surface area contributed by atoms with Crippen LogP contribution in [0.1, 0.15) is 27.0 Å². The van der Waals surface area contributed by atoms with Gasteiger partial charge in [0.25, 0.3) is 5.91 Å². The minimum atomic E-state index is -1.42. The number of aliphatic hydroxyl groups is 1. The summed E-state index contributed by atoms with van der Waals surface area (Å²) in [6, 6.07) is 14.6. The van der Waals surface area contributed by atoms with Gasteiger partial charge in [-0.1, -0.05) is 48.0 Å². The third kappa shape index (κ3) is 1.45. The highest BCUT2D eigenvalue weighted by molar-refractivity contribution is 6.00. The molecule has 1 atom stereocenters. The standard InChI is InChI=1S/C15H13NO2/c1-10-6-8-11(9-7-10)15(18)13-5-3-2-4-12(13)14(17)16-15/h2-9,18H,1H3,(H,16,17). The predicted molar refractivity (Wildman–Crippen MR) is 68.1 cm³/mol. The Morgan fingerprint density at radius 1 is 1.06 bits per heavy atom. The van der Waals surface area contributed by atoms with Crippen LogP contribution in [-0.2, 0) is 5.72 Å². The Morgan fingerprint density at radius 2 is 1.72 bits per heavy atom. The van der Waals surface area contributed by atoms with Gasteiger partial charge in [-0.15, -0.1) is 0 Å². The van der Waals surface area contributed by atoms with Crippen molar-refractivity contribution in [1.82, 2.24) is 5.32 Å². The van der Waals surface area contributed by atoms with Crippen molar-refractivity contribution in [1.29, 1.82) is 0 Å². The molecule has 1 unspecified atom stereocenters. The fraction of sp³-hybridized carbons (Fsp3) is 0.133. The van der Waals surface area contributed by atoms with E-state index in [1.807, 2.05) is 37.3 Å². The molecule has 0 saturated carbocycles. The van der Waals surface area contributed by atoms with Gasteiger partial charge in [0.05, 0.1) is 0 Å². The molecule has 0 radical (unpaired) electrons. The average Bonchev–Trinajstić information content (AvgIpc) is 2.64. The Kier molecular flexibility index (Phi) is 2.25. The molecular formula is C15H13NO2. The summed E-state index contributed by atoms with van der Waals surface area (Å²) in [5.41, 5.74) is 1.51. The van der Waals surface area contributed by atoms with E-state index in [1.54, 1.807) is 18.2 Å². The number of rotatable bonds is 1. The summed E-state index contributed by atoms with van der Waals surface area (Å²) in [5.74, 6) is -0.242. The lowest BCUT2D eigenvalue weighted by atomic mass is 9.94. The van der Waals surface area contributed by atoms with Crippen LogP contribution < -0.4 is 5.32 Å². The molecule has 0 saturated heterocycles. The van der Waals surface area contributed by atoms with Gasteiger partial charge in [-0.25, -0.2) is 0 Å². The normalized spacial score (nSPS) is 21.6. The third-order valence-electron chi connectivity index (χ3n) is 3.33. The van der Waals surface area contributed by atoms with Gasteiger partial charge in [0, 0.05) is 16.7 Å². The lowest BCUT2D eigenvalue weighted by Gasteiger charge is -2.24. The zero-order chi connectivity index (χ0) is 12.8. The predicted octanol–water partition coefficient (Wildman–Crippen LogP) is 1.93. The minimum absolute atomic E-state index is 0.242. The monoisotopic (exact) mass is 239 g/mol. The van der Waals surface area contributed by atoms with Gasteiger partial charge in [-0.05, 0) is 13.0 Å². The first kappa shape index (κ1) is 11.0. The van der Waals surface area contributed by atoms with E-state index in [0.29, 0.717) is 16.7 Å². The second-order valence-corrected chi connectivity index (χ2v) is 4.58. The molecule has 0 spiro atoms. The molecule has 18 heavy (non-hydrogen) atoms. The molecule has 2 N–H and O–H groups in total. The fourth-order valence-corrected chi connectivity index (χ4v) is 2.32. The number of fused-ring (bicyclic) bond motifs is 1. The SMILES string of the molecule is Cc1ccc(C2(O)NC(=O)c3ccccc32)cc1. The summed E-state index contributed by atoms with van der Waals surface area (Å²) in [5, 5.41) is 13.4. The molecule has 3 nitrogen and oxygen atoms in total. The number of benzene rings is 2. The molecule has 2 aromatic carbocycles. The summed E-state index contributed by atoms with van der Waals surface area (Å²) in [6.45, 7) is 1.98. The highest BCUT2D eigenvalue weighted by Gasteiger charge is 2.42. The molecule has 0 aliphatic carbocycles. The van der Waals surface area contributed by atoms with Gasteiger partial charge in [0.15, 0.2) is 5.72 Å². The number of carbonyl (C=O) groups is 1. The quantitative estimate of drug-likeness (QED) is 0.799. The van der Waals surface area contributed by atoms with Crippen molar-refractivity contribution in [3.63, 3.8) is 0 Å². The highest BCUT2D eigenvalue weighted by Crippen LogP contribution is 2.34. The van der Waals surface area contributed by atoms with Crippen LogP contribution in [0.4, 0.5) is 0 Å². The van der Waals surface area contributed by atoms with E-state index in [1.165, 1.54) is 0 Å². The maximum atomic E-state index is 11.9. The Morgan fingerprint density at radius 3 is 2.44 bits per heavy atom. The maximum Gasteiger partial charge on any atom is 0.254 e. The second kappa shape index (κ2) is 3.68. The van der Waals surface area contributed by atoms with E-state index in [9.17, 15) is 9.90 Å². The molecule has 90 valence electrons. The van der Waals surface area contributed by atoms with Crippen molar-refractivity contribution in [2.24, 2.45) is 0 Å². The Bertz CT molecular complexity index is 619. The van der Waals surface area contributed by atoms with Crippen LogP contribution in [-0.4, -0.2) is 11.0 Å². The van der Waals surface area contributed by atoms with E-state index in [4.69, 9.17) is 0 Å². The summed E-state index contributed by atoms with van der Waals surface area (Å²) in [6.07, 6.45) is 0. The molecule has 0 bridgehead atoms. The summed E-state index contributed by atoms with van der Waals surface area (Å²) < 4.78 is 0. The van der Waals surface area contributed by atoms with Crippen molar-refractivity contribution in [3.8, 4) is 0 Å². The first-order valence-corrected chi connectivity index (χ1v) is 5.83. The molecule has 1 heterocycles. The second-order valence-electron chi connectivity index (χ2n) is 4.58. The topological polar surface area (TPSA) is 49.3 Å². The van der Waals surface area contributed by atoms with Crippen molar-refractivity contribution < 1.29 is 9.90 Å². The Labute approximate surface area is 105 Å². The largest absolute Gasteiger partial charge is 0.363 e. The van der Waals surface area contributed by atoms with E-state index in [2.05, 4.69) is 5.32 Å². The van der Waals surface area contributed by atoms with Crippen LogP contribution in [0.5, 0.6) is 0 Å². The first-order valence-electron chi connectivity index (χ1n) is 5.83. The number of nitrogens with one attached hydrogen (secondary N) is 1. The van der Waals surface area contributed by atoms with Crippen molar-refractivity contribution in [2.75, 3.05) is 0 Å². The summed E-state index contributed by atoms with van der Waals surface area (Å²) in [7, 11) is 0. The average molecular weight is 239 g/mol. The molecular weight excluding hydrogens is 226 g/mol.